The van der Waals surface area contributed by atoms with Crippen LogP contribution in [-0.4, -0.2) is 11.3 Å². The minimum absolute atomic E-state index is 0.0341. The lowest BCUT2D eigenvalue weighted by atomic mass is 9.29. The summed E-state index contributed by atoms with van der Waals surface area (Å²) in [6.45, 7) is 33.1. The lowest BCUT2D eigenvalue weighted by Gasteiger charge is -2.47. The Labute approximate surface area is 438 Å². The third-order valence-electron chi connectivity index (χ3n) is 17.3. The zero-order chi connectivity index (χ0) is 51.0. The van der Waals surface area contributed by atoms with Gasteiger partial charge in [0.2, 0.25) is 6.71 Å². The molecule has 4 heterocycles. The first kappa shape index (κ1) is 46.2. The van der Waals surface area contributed by atoms with Crippen LogP contribution in [0.2, 0.25) is 5.82 Å². The molecule has 364 valence electrons. The molecule has 1 unspecified atom stereocenters. The highest BCUT2D eigenvalue weighted by molar-refractivity contribution is 7.26. The normalized spacial score (nSPS) is 16.7. The molecule has 0 saturated carbocycles. The number of nitrogens with zero attached hydrogens (tertiary/aromatic N) is 3. The van der Waals surface area contributed by atoms with Crippen molar-refractivity contribution in [1.82, 2.24) is 4.57 Å². The van der Waals surface area contributed by atoms with Crippen LogP contribution in [-0.2, 0) is 21.7 Å². The third kappa shape index (κ3) is 6.69. The SMILES string of the molecule is Cc1cc2c3c(c1)-n1c4c(c5cc(C(C)(C)C)cc(c51)B3C1CC=C(N(c3ccc(C(C)(C)C)cc3C)c3ccc(C(C)(C)C)cc3C)C=C1N2c1cccc2sc3ccccc3c12)C(C)(C)c1ccccc1-4. The molecule has 0 amide bonds. The van der Waals surface area contributed by atoms with Gasteiger partial charge in [-0.15, -0.1) is 11.3 Å². The Kier molecular flexibility index (Phi) is 9.82. The van der Waals surface area contributed by atoms with E-state index >= 15 is 0 Å². The van der Waals surface area contributed by atoms with Gasteiger partial charge in [0.15, 0.2) is 0 Å². The molecule has 0 bridgehead atoms. The number of benzene rings is 7. The van der Waals surface area contributed by atoms with Gasteiger partial charge in [-0.1, -0.05) is 161 Å². The first-order valence-corrected chi connectivity index (χ1v) is 27.6. The molecule has 7 aromatic carbocycles. The number of aryl methyl sites for hydroxylation is 3. The Balaban J connectivity index is 1.13. The number of thiophene rings is 1. The van der Waals surface area contributed by atoms with Crippen LogP contribution in [0, 0.1) is 20.8 Å². The summed E-state index contributed by atoms with van der Waals surface area (Å²) < 4.78 is 5.38. The highest BCUT2D eigenvalue weighted by Gasteiger charge is 2.51. The average molecular weight is 970 g/mol. The van der Waals surface area contributed by atoms with Crippen LogP contribution >= 0.6 is 11.3 Å². The Hall–Kier alpha value is -6.56. The molecule has 9 aromatic rings. The predicted molar refractivity (Wildman–Crippen MR) is 317 cm³/mol. The lowest BCUT2D eigenvalue weighted by molar-refractivity contribution is 0.589. The smallest absolute Gasteiger partial charge is 0.226 e. The van der Waals surface area contributed by atoms with Gasteiger partial charge in [0.1, 0.15) is 0 Å². The van der Waals surface area contributed by atoms with Crippen molar-refractivity contribution in [3.05, 3.63) is 195 Å². The second-order valence-corrected chi connectivity index (χ2v) is 26.7. The number of hydrogen-bond acceptors (Lipinski definition) is 3. The van der Waals surface area contributed by atoms with Crippen LogP contribution in [0.25, 0.3) is 48.0 Å². The second kappa shape index (κ2) is 15.5. The monoisotopic (exact) mass is 970 g/mol. The van der Waals surface area contributed by atoms with Crippen LogP contribution in [0.15, 0.2) is 151 Å². The predicted octanol–water partition coefficient (Wildman–Crippen LogP) is 17.6. The molecule has 0 radical (unpaired) electrons. The molecule has 4 aliphatic rings. The number of anilines is 4. The summed E-state index contributed by atoms with van der Waals surface area (Å²) in [6.07, 6.45) is 6.09. The molecule has 2 aliphatic carbocycles. The fourth-order valence-electron chi connectivity index (χ4n) is 13.5. The molecule has 73 heavy (non-hydrogen) atoms. The first-order chi connectivity index (χ1) is 34.6. The molecule has 0 saturated heterocycles. The molecule has 0 N–H and O–H groups in total. The Bertz CT molecular complexity index is 3860. The van der Waals surface area contributed by atoms with Crippen molar-refractivity contribution in [1.29, 1.82) is 0 Å². The van der Waals surface area contributed by atoms with Gasteiger partial charge in [0.25, 0.3) is 0 Å². The van der Waals surface area contributed by atoms with E-state index in [-0.39, 0.29) is 34.2 Å². The zero-order valence-corrected chi connectivity index (χ0v) is 46.2. The van der Waals surface area contributed by atoms with Gasteiger partial charge in [-0.3, -0.25) is 0 Å². The van der Waals surface area contributed by atoms with Gasteiger partial charge < -0.3 is 14.4 Å². The van der Waals surface area contributed by atoms with Crippen molar-refractivity contribution >= 4 is 82.8 Å². The number of fused-ring (bicyclic) bond motifs is 12. The molecule has 2 aliphatic heterocycles. The summed E-state index contributed by atoms with van der Waals surface area (Å²) in [6, 6.07) is 50.0. The van der Waals surface area contributed by atoms with Crippen molar-refractivity contribution in [3.8, 4) is 16.9 Å². The van der Waals surface area contributed by atoms with Crippen LogP contribution in [0.5, 0.6) is 0 Å². The van der Waals surface area contributed by atoms with Crippen molar-refractivity contribution in [2.45, 2.75) is 131 Å². The highest BCUT2D eigenvalue weighted by Crippen LogP contribution is 2.57. The second-order valence-electron chi connectivity index (χ2n) is 25.6. The molecule has 1 atom stereocenters. The zero-order valence-electron chi connectivity index (χ0n) is 45.4. The molecular formula is C68H68BN3S. The van der Waals surface area contributed by atoms with E-state index in [2.05, 4.69) is 251 Å². The molecular weight excluding hydrogens is 902 g/mol. The summed E-state index contributed by atoms with van der Waals surface area (Å²) in [5.41, 5.74) is 26.6. The quantitative estimate of drug-likeness (QED) is 0.163. The van der Waals surface area contributed by atoms with E-state index in [0.717, 1.165) is 6.42 Å². The summed E-state index contributed by atoms with van der Waals surface area (Å²) in [5.74, 6) is 0.158. The fourth-order valence-corrected chi connectivity index (χ4v) is 14.6. The highest BCUT2D eigenvalue weighted by atomic mass is 32.1. The Morgan fingerprint density at radius 3 is 1.92 bits per heavy atom. The topological polar surface area (TPSA) is 11.4 Å². The first-order valence-electron chi connectivity index (χ1n) is 26.7. The van der Waals surface area contributed by atoms with Gasteiger partial charge in [0, 0.05) is 76.2 Å². The van der Waals surface area contributed by atoms with E-state index in [1.807, 2.05) is 11.3 Å². The van der Waals surface area contributed by atoms with Crippen molar-refractivity contribution in [2.75, 3.05) is 9.80 Å². The molecule has 5 heteroatoms. The lowest BCUT2D eigenvalue weighted by Crippen LogP contribution is -2.57. The molecule has 13 rings (SSSR count). The van der Waals surface area contributed by atoms with E-state index in [0.29, 0.717) is 0 Å². The third-order valence-corrected chi connectivity index (χ3v) is 18.4. The van der Waals surface area contributed by atoms with Crippen LogP contribution in [0.3, 0.4) is 0 Å². The van der Waals surface area contributed by atoms with E-state index in [9.17, 15) is 0 Å². The summed E-state index contributed by atoms with van der Waals surface area (Å²) in [5, 5.41) is 4.06. The average Bonchev–Trinajstić information content (AvgIpc) is 3.97. The van der Waals surface area contributed by atoms with Gasteiger partial charge in [-0.2, -0.15) is 0 Å². The van der Waals surface area contributed by atoms with Gasteiger partial charge >= 0.3 is 0 Å². The Morgan fingerprint density at radius 2 is 1.25 bits per heavy atom. The number of hydrogen-bond donors (Lipinski definition) is 0. The van der Waals surface area contributed by atoms with E-state index < -0.39 is 0 Å². The van der Waals surface area contributed by atoms with Crippen molar-refractivity contribution in [2.24, 2.45) is 0 Å². The number of aromatic nitrogens is 1. The number of rotatable bonds is 4. The summed E-state index contributed by atoms with van der Waals surface area (Å²) in [4.78, 5) is 5.33. The molecule has 0 fully saturated rings. The minimum atomic E-state index is -0.166. The van der Waals surface area contributed by atoms with Crippen molar-refractivity contribution in [3.63, 3.8) is 0 Å². The van der Waals surface area contributed by atoms with Crippen LogP contribution < -0.4 is 20.7 Å². The maximum Gasteiger partial charge on any atom is 0.226 e. The van der Waals surface area contributed by atoms with Crippen LogP contribution in [0.1, 0.15) is 127 Å². The number of allylic oxidation sites excluding steroid dienone is 3. The maximum absolute atomic E-state index is 2.74. The maximum atomic E-state index is 2.74. The van der Waals surface area contributed by atoms with Crippen molar-refractivity contribution < 1.29 is 0 Å². The Morgan fingerprint density at radius 1 is 0.616 bits per heavy atom. The minimum Gasteiger partial charge on any atom is -0.314 e. The van der Waals surface area contributed by atoms with E-state index in [4.69, 9.17) is 0 Å². The van der Waals surface area contributed by atoms with E-state index in [1.165, 1.54) is 138 Å². The molecule has 2 aromatic heterocycles. The van der Waals surface area contributed by atoms with Gasteiger partial charge in [0.05, 0.1) is 11.4 Å². The van der Waals surface area contributed by atoms with E-state index in [1.54, 1.807) is 0 Å². The summed E-state index contributed by atoms with van der Waals surface area (Å²) in [7, 11) is 0. The van der Waals surface area contributed by atoms with Crippen LogP contribution in [0.4, 0.5) is 22.7 Å². The standard InChI is InChI=1S/C68H68BN3S/c1-39-32-56-62-57(33-39)72-63-48(61-64(72)46-20-15-17-22-49(46)68(61,13)14)36-44(67(10,11)12)37-51(63)69(62)50-29-28-45(38-55(50)71(56)54-23-19-25-59-60(54)47-21-16-18-24-58(47)73-59)70(52-30-26-42(34-40(52)2)65(4,5)6)53-31-27-43(35-41(53)3)66(7,8)9/h15-28,30-38,50H,29H2,1-14H3. The molecule has 0 spiro atoms. The van der Waals surface area contributed by atoms with Gasteiger partial charge in [-0.05, 0) is 159 Å². The fraction of sp³-hybridized carbons (Fsp3) is 0.294. The molecule has 3 nitrogen and oxygen atoms in total. The largest absolute Gasteiger partial charge is 0.314 e. The summed E-state index contributed by atoms with van der Waals surface area (Å²) >= 11 is 1.91. The van der Waals surface area contributed by atoms with Gasteiger partial charge in [-0.25, -0.2) is 0 Å².